The molecule has 0 saturated carbocycles. The Balaban J connectivity index is 1.88. The Bertz CT molecular complexity index is 494. The summed E-state index contributed by atoms with van der Waals surface area (Å²) in [5.74, 6) is -0.0142. The summed E-state index contributed by atoms with van der Waals surface area (Å²) < 4.78 is 0. The van der Waals surface area contributed by atoms with Crippen molar-refractivity contribution in [1.29, 1.82) is 0 Å². The molecule has 3 nitrogen and oxygen atoms in total. The summed E-state index contributed by atoms with van der Waals surface area (Å²) in [6.07, 6.45) is 2.57. The first-order chi connectivity index (χ1) is 8.27. The molecule has 0 unspecified atom stereocenters. The number of rotatable bonds is 4. The number of aromatic nitrogens is 1. The predicted molar refractivity (Wildman–Crippen MR) is 69.3 cm³/mol. The Hall–Kier alpha value is -1.68. The highest BCUT2D eigenvalue weighted by atomic mass is 32.1. The third-order valence-corrected chi connectivity index (χ3v) is 3.34. The normalized spacial score (nSPS) is 10.2. The van der Waals surface area contributed by atoms with Gasteiger partial charge in [-0.2, -0.15) is 0 Å². The monoisotopic (exact) mass is 246 g/mol. The topological polar surface area (TPSA) is 42.0 Å². The third kappa shape index (κ3) is 3.14. The molecule has 0 atom stereocenters. The highest BCUT2D eigenvalue weighted by molar-refractivity contribution is 7.09. The van der Waals surface area contributed by atoms with Gasteiger partial charge >= 0.3 is 0 Å². The van der Waals surface area contributed by atoms with Gasteiger partial charge in [-0.1, -0.05) is 18.2 Å². The molecule has 0 radical (unpaired) electrons. The van der Waals surface area contributed by atoms with Crippen LogP contribution >= 0.6 is 11.3 Å². The molecule has 4 heteroatoms. The van der Waals surface area contributed by atoms with Crippen LogP contribution < -0.4 is 5.32 Å². The van der Waals surface area contributed by atoms with Gasteiger partial charge in [0.2, 0.25) is 0 Å². The van der Waals surface area contributed by atoms with Crippen LogP contribution in [0.25, 0.3) is 0 Å². The molecule has 2 rings (SSSR count). The van der Waals surface area contributed by atoms with Crippen molar-refractivity contribution in [3.63, 3.8) is 0 Å². The minimum Gasteiger partial charge on any atom is -0.352 e. The average Bonchev–Trinajstić information content (AvgIpc) is 2.82. The van der Waals surface area contributed by atoms with E-state index in [-0.39, 0.29) is 5.91 Å². The summed E-state index contributed by atoms with van der Waals surface area (Å²) in [4.78, 5) is 16.0. The number of nitrogens with zero attached hydrogens (tertiary/aromatic N) is 1. The summed E-state index contributed by atoms with van der Waals surface area (Å²) in [5.41, 5.74) is 1.74. The van der Waals surface area contributed by atoms with E-state index in [0.717, 1.165) is 22.6 Å². The molecule has 88 valence electrons. The van der Waals surface area contributed by atoms with Crippen molar-refractivity contribution in [2.75, 3.05) is 6.54 Å². The second-order valence-electron chi connectivity index (χ2n) is 3.75. The van der Waals surface area contributed by atoms with Gasteiger partial charge in [-0.3, -0.25) is 4.79 Å². The quantitative estimate of drug-likeness (QED) is 0.900. The zero-order valence-electron chi connectivity index (χ0n) is 9.64. The number of thiazole rings is 1. The second kappa shape index (κ2) is 5.59. The van der Waals surface area contributed by atoms with Crippen LogP contribution in [0.1, 0.15) is 20.9 Å². The number of carbonyl (C=O) groups is 1. The molecular formula is C13H14N2OS. The van der Waals surface area contributed by atoms with Crippen LogP contribution in [0.2, 0.25) is 0 Å². The molecule has 1 N–H and O–H groups in total. The van der Waals surface area contributed by atoms with Gasteiger partial charge in [-0.05, 0) is 18.6 Å². The lowest BCUT2D eigenvalue weighted by Gasteiger charge is -2.06. The Morgan fingerprint density at radius 3 is 2.94 bits per heavy atom. The van der Waals surface area contributed by atoms with Crippen LogP contribution in [0.4, 0.5) is 0 Å². The van der Waals surface area contributed by atoms with E-state index in [0.29, 0.717) is 6.54 Å². The molecule has 0 aliphatic carbocycles. The van der Waals surface area contributed by atoms with E-state index >= 15 is 0 Å². The van der Waals surface area contributed by atoms with E-state index in [1.165, 1.54) is 0 Å². The Morgan fingerprint density at radius 1 is 1.41 bits per heavy atom. The van der Waals surface area contributed by atoms with E-state index in [9.17, 15) is 4.79 Å². The molecule has 0 spiro atoms. The van der Waals surface area contributed by atoms with Crippen molar-refractivity contribution in [1.82, 2.24) is 10.3 Å². The van der Waals surface area contributed by atoms with Gasteiger partial charge in [0.25, 0.3) is 5.91 Å². The number of benzene rings is 1. The molecule has 1 aromatic heterocycles. The molecule has 17 heavy (non-hydrogen) atoms. The van der Waals surface area contributed by atoms with Gasteiger partial charge in [0.05, 0.1) is 5.01 Å². The molecule has 0 aliphatic rings. The lowest BCUT2D eigenvalue weighted by molar-refractivity contribution is 0.0953. The Labute approximate surface area is 105 Å². The minimum absolute atomic E-state index is 0.0142. The number of aryl methyl sites for hydroxylation is 1. The predicted octanol–water partition coefficient (Wildman–Crippen LogP) is 2.42. The van der Waals surface area contributed by atoms with Crippen molar-refractivity contribution in [2.45, 2.75) is 13.3 Å². The fraction of sp³-hybridized carbons (Fsp3) is 0.231. The van der Waals surface area contributed by atoms with Gasteiger partial charge in [0.15, 0.2) is 0 Å². The van der Waals surface area contributed by atoms with Gasteiger partial charge in [-0.25, -0.2) is 4.98 Å². The maximum Gasteiger partial charge on any atom is 0.251 e. The number of hydrogen-bond acceptors (Lipinski definition) is 3. The zero-order chi connectivity index (χ0) is 12.1. The van der Waals surface area contributed by atoms with Crippen molar-refractivity contribution < 1.29 is 4.79 Å². The molecule has 0 aliphatic heterocycles. The van der Waals surface area contributed by atoms with Gasteiger partial charge in [-0.15, -0.1) is 11.3 Å². The molecule has 1 aromatic carbocycles. The van der Waals surface area contributed by atoms with Crippen LogP contribution in [0.5, 0.6) is 0 Å². The van der Waals surface area contributed by atoms with Crippen molar-refractivity contribution >= 4 is 17.2 Å². The Kier molecular flexibility index (Phi) is 3.88. The largest absolute Gasteiger partial charge is 0.352 e. The summed E-state index contributed by atoms with van der Waals surface area (Å²) in [6, 6.07) is 7.59. The van der Waals surface area contributed by atoms with Gasteiger partial charge in [0, 0.05) is 30.1 Å². The highest BCUT2D eigenvalue weighted by Crippen LogP contribution is 2.07. The molecule has 0 fully saturated rings. The third-order valence-electron chi connectivity index (χ3n) is 2.50. The van der Waals surface area contributed by atoms with E-state index in [2.05, 4.69) is 10.3 Å². The fourth-order valence-corrected chi connectivity index (χ4v) is 2.20. The number of hydrogen-bond donors (Lipinski definition) is 1. The van der Waals surface area contributed by atoms with E-state index in [1.54, 1.807) is 17.5 Å². The van der Waals surface area contributed by atoms with E-state index < -0.39 is 0 Å². The molecule has 0 bridgehead atoms. The lowest BCUT2D eigenvalue weighted by atomic mass is 10.1. The van der Waals surface area contributed by atoms with Crippen molar-refractivity contribution in [3.05, 3.63) is 52.0 Å². The van der Waals surface area contributed by atoms with Gasteiger partial charge < -0.3 is 5.32 Å². The average molecular weight is 246 g/mol. The van der Waals surface area contributed by atoms with E-state index in [1.807, 2.05) is 36.6 Å². The molecule has 0 saturated heterocycles. The first-order valence-electron chi connectivity index (χ1n) is 5.49. The molecule has 2 aromatic rings. The summed E-state index contributed by atoms with van der Waals surface area (Å²) in [6.45, 7) is 2.57. The maximum absolute atomic E-state index is 11.9. The molecular weight excluding hydrogens is 232 g/mol. The second-order valence-corrected chi connectivity index (χ2v) is 4.73. The van der Waals surface area contributed by atoms with Crippen molar-refractivity contribution in [3.8, 4) is 0 Å². The van der Waals surface area contributed by atoms with Crippen LogP contribution in [0.15, 0.2) is 35.8 Å². The SMILES string of the molecule is Cc1ccccc1C(=O)NCCc1nccs1. The first-order valence-corrected chi connectivity index (χ1v) is 6.37. The minimum atomic E-state index is -0.0142. The van der Waals surface area contributed by atoms with Crippen LogP contribution in [-0.4, -0.2) is 17.4 Å². The lowest BCUT2D eigenvalue weighted by Crippen LogP contribution is -2.26. The fourth-order valence-electron chi connectivity index (χ4n) is 1.58. The van der Waals surface area contributed by atoms with Crippen LogP contribution in [-0.2, 0) is 6.42 Å². The summed E-state index contributed by atoms with van der Waals surface area (Å²) in [5, 5.41) is 5.90. The Morgan fingerprint density at radius 2 is 2.24 bits per heavy atom. The van der Waals surface area contributed by atoms with Crippen LogP contribution in [0.3, 0.4) is 0 Å². The smallest absolute Gasteiger partial charge is 0.251 e. The molecule has 1 amide bonds. The first kappa shape index (κ1) is 11.8. The van der Waals surface area contributed by atoms with E-state index in [4.69, 9.17) is 0 Å². The summed E-state index contributed by atoms with van der Waals surface area (Å²) in [7, 11) is 0. The number of amides is 1. The number of carbonyl (C=O) groups excluding carboxylic acids is 1. The molecule has 1 heterocycles. The summed E-state index contributed by atoms with van der Waals surface area (Å²) >= 11 is 1.61. The van der Waals surface area contributed by atoms with Crippen molar-refractivity contribution in [2.24, 2.45) is 0 Å². The van der Waals surface area contributed by atoms with Gasteiger partial charge in [0.1, 0.15) is 0 Å². The number of nitrogens with one attached hydrogen (secondary N) is 1. The standard InChI is InChI=1S/C13H14N2OS/c1-10-4-2-3-5-11(10)13(16)15-7-6-12-14-8-9-17-12/h2-5,8-9H,6-7H2,1H3,(H,15,16). The highest BCUT2D eigenvalue weighted by Gasteiger charge is 2.07. The van der Waals surface area contributed by atoms with Crippen LogP contribution in [0, 0.1) is 6.92 Å². The zero-order valence-corrected chi connectivity index (χ0v) is 10.5. The maximum atomic E-state index is 11.9.